The number of hydrogen-bond acceptors (Lipinski definition) is 5. The van der Waals surface area contributed by atoms with Crippen LogP contribution in [0.25, 0.3) is 11.1 Å². The fourth-order valence-corrected chi connectivity index (χ4v) is 3.84. The maximum atomic E-state index is 13.7. The van der Waals surface area contributed by atoms with E-state index in [2.05, 4.69) is 10.3 Å². The summed E-state index contributed by atoms with van der Waals surface area (Å²) in [5, 5.41) is 3.81. The van der Waals surface area contributed by atoms with E-state index in [4.69, 9.17) is 38.1 Å². The molecule has 3 atom stereocenters. The molecule has 1 aromatic heterocycles. The van der Waals surface area contributed by atoms with Crippen LogP contribution in [0.1, 0.15) is 24.8 Å². The molecule has 1 aliphatic rings. The molecule has 1 saturated heterocycles. The van der Waals surface area contributed by atoms with Gasteiger partial charge in [0.1, 0.15) is 17.1 Å². The van der Waals surface area contributed by atoms with Crippen molar-refractivity contribution in [3.8, 4) is 5.75 Å². The van der Waals surface area contributed by atoms with Gasteiger partial charge in [0.15, 0.2) is 11.7 Å². The van der Waals surface area contributed by atoms with Gasteiger partial charge in [-0.1, -0.05) is 29.3 Å². The van der Waals surface area contributed by atoms with E-state index in [-0.39, 0.29) is 22.7 Å². The summed E-state index contributed by atoms with van der Waals surface area (Å²) in [5.74, 6) is -0.673. The summed E-state index contributed by atoms with van der Waals surface area (Å²) in [7, 11) is 0. The minimum absolute atomic E-state index is 0.0198. The first-order valence-electron chi connectivity index (χ1n) is 9.11. The Bertz CT molecular complexity index is 1050. The van der Waals surface area contributed by atoms with Crippen LogP contribution < -0.4 is 15.8 Å². The molecule has 9 heteroatoms. The highest BCUT2D eigenvalue weighted by Crippen LogP contribution is 2.32. The lowest BCUT2D eigenvalue weighted by molar-refractivity contribution is -0.127. The van der Waals surface area contributed by atoms with E-state index in [9.17, 15) is 9.18 Å². The van der Waals surface area contributed by atoms with E-state index >= 15 is 0 Å². The zero-order chi connectivity index (χ0) is 20.5. The van der Waals surface area contributed by atoms with Crippen LogP contribution in [0.2, 0.25) is 10.0 Å². The quantitative estimate of drug-likeness (QED) is 0.622. The van der Waals surface area contributed by atoms with Gasteiger partial charge < -0.3 is 20.2 Å². The normalized spacial score (nSPS) is 20.5. The number of piperidine rings is 1. The van der Waals surface area contributed by atoms with Gasteiger partial charge in [-0.25, -0.2) is 9.37 Å². The first kappa shape index (κ1) is 19.9. The largest absolute Gasteiger partial charge is 0.480 e. The molecule has 6 nitrogen and oxygen atoms in total. The van der Waals surface area contributed by atoms with Gasteiger partial charge in [0.2, 0.25) is 5.89 Å². The summed E-state index contributed by atoms with van der Waals surface area (Å²) in [5.41, 5.74) is 6.79. The molecule has 3 N–H and O–H groups in total. The molecular formula is C20H18Cl2FN3O3. The number of fused-ring (bicyclic) bond motifs is 1. The Labute approximate surface area is 176 Å². The molecule has 0 radical (unpaired) electrons. The number of ether oxygens (including phenoxy) is 1. The van der Waals surface area contributed by atoms with Crippen molar-refractivity contribution >= 4 is 40.2 Å². The minimum atomic E-state index is -0.901. The lowest BCUT2D eigenvalue weighted by atomic mass is 9.89. The predicted molar refractivity (Wildman–Crippen MR) is 108 cm³/mol. The second-order valence-corrected chi connectivity index (χ2v) is 7.77. The number of halogens is 3. The molecule has 0 bridgehead atoms. The number of primary amides is 1. The Kier molecular flexibility index (Phi) is 5.63. The summed E-state index contributed by atoms with van der Waals surface area (Å²) in [6, 6.07) is 9.30. The summed E-state index contributed by atoms with van der Waals surface area (Å²) in [6.45, 7) is 0.459. The highest BCUT2D eigenvalue weighted by Gasteiger charge is 2.34. The minimum Gasteiger partial charge on any atom is -0.480 e. The molecule has 1 fully saturated rings. The van der Waals surface area contributed by atoms with Gasteiger partial charge in [-0.15, -0.1) is 0 Å². The number of benzene rings is 2. The van der Waals surface area contributed by atoms with E-state index < -0.39 is 17.8 Å². The Hall–Kier alpha value is -2.35. The van der Waals surface area contributed by atoms with Crippen LogP contribution in [0.5, 0.6) is 5.75 Å². The molecular weight excluding hydrogens is 420 g/mol. The maximum absolute atomic E-state index is 13.7. The average molecular weight is 438 g/mol. The highest BCUT2D eigenvalue weighted by molar-refractivity contribution is 6.34. The molecule has 0 spiro atoms. The van der Waals surface area contributed by atoms with Crippen LogP contribution in [0, 0.1) is 11.7 Å². The zero-order valence-electron chi connectivity index (χ0n) is 15.2. The monoisotopic (exact) mass is 437 g/mol. The third-order valence-electron chi connectivity index (χ3n) is 5.00. The van der Waals surface area contributed by atoms with Gasteiger partial charge in [-0.3, -0.25) is 4.79 Å². The van der Waals surface area contributed by atoms with Crippen LogP contribution in [0.4, 0.5) is 4.39 Å². The summed E-state index contributed by atoms with van der Waals surface area (Å²) in [6.07, 6.45) is 0.410. The number of nitrogens with one attached hydrogen (secondary N) is 1. The average Bonchev–Trinajstić information content (AvgIpc) is 3.14. The Morgan fingerprint density at radius 1 is 1.28 bits per heavy atom. The first-order valence-corrected chi connectivity index (χ1v) is 9.87. The van der Waals surface area contributed by atoms with Crippen molar-refractivity contribution in [2.45, 2.75) is 25.0 Å². The van der Waals surface area contributed by atoms with Crippen LogP contribution in [-0.2, 0) is 4.79 Å². The van der Waals surface area contributed by atoms with E-state index in [1.165, 1.54) is 12.1 Å². The molecule has 2 aromatic carbocycles. The molecule has 4 rings (SSSR count). The molecule has 1 amide bonds. The van der Waals surface area contributed by atoms with Gasteiger partial charge in [-0.05, 0) is 37.1 Å². The number of hydrogen-bond donors (Lipinski definition) is 2. The lowest BCUT2D eigenvalue weighted by Gasteiger charge is -2.32. The Morgan fingerprint density at radius 3 is 2.76 bits per heavy atom. The predicted octanol–water partition coefficient (Wildman–Crippen LogP) is 4.25. The van der Waals surface area contributed by atoms with Crippen molar-refractivity contribution in [2.75, 3.05) is 6.54 Å². The van der Waals surface area contributed by atoms with Gasteiger partial charge in [0.05, 0.1) is 16.1 Å². The smallest absolute Gasteiger partial charge is 0.258 e. The van der Waals surface area contributed by atoms with Crippen molar-refractivity contribution in [1.29, 1.82) is 0 Å². The second-order valence-electron chi connectivity index (χ2n) is 6.96. The highest BCUT2D eigenvalue weighted by atomic mass is 35.5. The zero-order valence-corrected chi connectivity index (χ0v) is 16.7. The van der Waals surface area contributed by atoms with Crippen LogP contribution in [0.3, 0.4) is 0 Å². The number of nitrogens with two attached hydrogens (primary N) is 1. The van der Waals surface area contributed by atoms with E-state index in [0.717, 1.165) is 6.07 Å². The van der Waals surface area contributed by atoms with Crippen molar-refractivity contribution in [1.82, 2.24) is 10.3 Å². The van der Waals surface area contributed by atoms with Gasteiger partial charge in [-0.2, -0.15) is 0 Å². The van der Waals surface area contributed by atoms with Crippen LogP contribution >= 0.6 is 23.2 Å². The fourth-order valence-electron chi connectivity index (χ4n) is 3.51. The molecule has 0 aliphatic carbocycles. The maximum Gasteiger partial charge on any atom is 0.258 e. The van der Waals surface area contributed by atoms with Crippen molar-refractivity contribution in [3.63, 3.8) is 0 Å². The SMILES string of the molecule is NC(=O)C(Oc1ccc(Cl)c(F)c1)[C@H]1CC[C@H](c2nc3cccc(Cl)c3o2)NC1. The van der Waals surface area contributed by atoms with E-state index in [1.807, 2.05) is 12.1 Å². The van der Waals surface area contributed by atoms with Gasteiger partial charge in [0.25, 0.3) is 5.91 Å². The fraction of sp³-hybridized carbons (Fsp3) is 0.300. The van der Waals surface area contributed by atoms with Gasteiger partial charge >= 0.3 is 0 Å². The topological polar surface area (TPSA) is 90.4 Å². The van der Waals surface area contributed by atoms with E-state index in [0.29, 0.717) is 41.4 Å². The molecule has 2 heterocycles. The number of aromatic nitrogens is 1. The number of carbonyl (C=O) groups excluding carboxylic acids is 1. The molecule has 1 unspecified atom stereocenters. The number of amides is 1. The van der Waals surface area contributed by atoms with Crippen molar-refractivity contribution < 1.29 is 18.3 Å². The first-order chi connectivity index (χ1) is 13.9. The number of nitrogens with zero attached hydrogens (tertiary/aromatic N) is 1. The molecule has 29 heavy (non-hydrogen) atoms. The van der Waals surface area contributed by atoms with Crippen LogP contribution in [-0.4, -0.2) is 23.5 Å². The standard InChI is InChI=1S/C20H18Cl2FN3O3/c21-12-6-5-11(8-14(12)23)28-17(19(24)27)10-4-7-16(25-9-10)20-26-15-3-1-2-13(22)18(15)29-20/h1-3,5-6,8,10,16-17,25H,4,7,9H2,(H2,24,27)/t10-,16+,17?/m0/s1. The number of oxazole rings is 1. The molecule has 0 saturated carbocycles. The molecule has 3 aromatic rings. The lowest BCUT2D eigenvalue weighted by Crippen LogP contribution is -2.47. The van der Waals surface area contributed by atoms with Gasteiger partial charge in [0, 0.05) is 18.5 Å². The van der Waals surface area contributed by atoms with Crippen LogP contribution in [0.15, 0.2) is 40.8 Å². The number of rotatable bonds is 5. The molecule has 152 valence electrons. The molecule has 1 aliphatic heterocycles. The third kappa shape index (κ3) is 4.17. The summed E-state index contributed by atoms with van der Waals surface area (Å²) in [4.78, 5) is 16.5. The Morgan fingerprint density at radius 2 is 2.10 bits per heavy atom. The van der Waals surface area contributed by atoms with Crippen molar-refractivity contribution in [3.05, 3.63) is 58.2 Å². The Balaban J connectivity index is 1.45. The third-order valence-corrected chi connectivity index (χ3v) is 5.60. The second kappa shape index (κ2) is 8.18. The summed E-state index contributed by atoms with van der Waals surface area (Å²) >= 11 is 11.8. The summed E-state index contributed by atoms with van der Waals surface area (Å²) < 4.78 is 25.2. The number of para-hydroxylation sites is 1. The van der Waals surface area contributed by atoms with E-state index in [1.54, 1.807) is 6.07 Å². The van der Waals surface area contributed by atoms with Crippen molar-refractivity contribution in [2.24, 2.45) is 11.7 Å². The number of carbonyl (C=O) groups is 1.